The molecule has 84 valence electrons. The van der Waals surface area contributed by atoms with Gasteiger partial charge in [-0.1, -0.05) is 34.5 Å². The first-order valence-electron chi connectivity index (χ1n) is 5.26. The van der Waals surface area contributed by atoms with Gasteiger partial charge in [-0.05, 0) is 36.3 Å². The minimum Gasteiger partial charge on any atom is -0.377 e. The molecule has 0 aliphatic rings. The summed E-state index contributed by atoms with van der Waals surface area (Å²) in [6.07, 6.45) is 3.53. The molecule has 1 aromatic carbocycles. The SMILES string of the molecule is SCCCCCOCc1ccc(Br)cc1. The molecular formula is C12H17BrOS. The number of ether oxygens (including phenoxy) is 1. The lowest BCUT2D eigenvalue weighted by Crippen LogP contribution is -1.95. The second-order valence-corrected chi connectivity index (χ2v) is 4.83. The summed E-state index contributed by atoms with van der Waals surface area (Å²) in [6, 6.07) is 8.24. The van der Waals surface area contributed by atoms with E-state index >= 15 is 0 Å². The van der Waals surface area contributed by atoms with Gasteiger partial charge in [0.05, 0.1) is 6.61 Å². The Morgan fingerprint density at radius 1 is 1.07 bits per heavy atom. The summed E-state index contributed by atoms with van der Waals surface area (Å²) in [5.41, 5.74) is 1.23. The summed E-state index contributed by atoms with van der Waals surface area (Å²) in [7, 11) is 0. The van der Waals surface area contributed by atoms with Gasteiger partial charge in [0.1, 0.15) is 0 Å². The molecule has 0 N–H and O–H groups in total. The maximum Gasteiger partial charge on any atom is 0.0716 e. The molecule has 0 saturated carbocycles. The molecule has 0 saturated heterocycles. The molecule has 0 aliphatic carbocycles. The molecule has 0 unspecified atom stereocenters. The summed E-state index contributed by atoms with van der Waals surface area (Å²) >= 11 is 7.57. The molecule has 0 bridgehead atoms. The minimum atomic E-state index is 0.716. The summed E-state index contributed by atoms with van der Waals surface area (Å²) in [5.74, 6) is 0.979. The maximum atomic E-state index is 5.57. The number of benzene rings is 1. The van der Waals surface area contributed by atoms with E-state index in [1.165, 1.54) is 18.4 Å². The molecule has 3 heteroatoms. The van der Waals surface area contributed by atoms with E-state index in [1.807, 2.05) is 12.1 Å². The second kappa shape index (κ2) is 8.20. The molecule has 0 atom stereocenters. The number of unbranched alkanes of at least 4 members (excludes halogenated alkanes) is 2. The fourth-order valence-electron chi connectivity index (χ4n) is 1.26. The highest BCUT2D eigenvalue weighted by atomic mass is 79.9. The lowest BCUT2D eigenvalue weighted by Gasteiger charge is -2.04. The van der Waals surface area contributed by atoms with E-state index < -0.39 is 0 Å². The van der Waals surface area contributed by atoms with Crippen molar-refractivity contribution in [2.24, 2.45) is 0 Å². The molecule has 0 fully saturated rings. The Hall–Kier alpha value is 0.01000. The van der Waals surface area contributed by atoms with Crippen LogP contribution in [0.5, 0.6) is 0 Å². The summed E-state index contributed by atoms with van der Waals surface area (Å²) < 4.78 is 6.68. The number of hydrogen-bond acceptors (Lipinski definition) is 2. The molecule has 15 heavy (non-hydrogen) atoms. The van der Waals surface area contributed by atoms with Gasteiger partial charge in [-0.2, -0.15) is 12.6 Å². The molecule has 1 rings (SSSR count). The first kappa shape index (κ1) is 13.1. The van der Waals surface area contributed by atoms with Gasteiger partial charge in [0.2, 0.25) is 0 Å². The molecule has 1 aromatic rings. The summed E-state index contributed by atoms with van der Waals surface area (Å²) in [6.45, 7) is 1.57. The monoisotopic (exact) mass is 288 g/mol. The van der Waals surface area contributed by atoms with E-state index in [0.29, 0.717) is 6.61 Å². The first-order valence-corrected chi connectivity index (χ1v) is 6.68. The van der Waals surface area contributed by atoms with Crippen molar-refractivity contribution in [3.63, 3.8) is 0 Å². The lowest BCUT2D eigenvalue weighted by atomic mass is 10.2. The number of halogens is 1. The molecule has 0 heterocycles. The Labute approximate surface area is 106 Å². The van der Waals surface area contributed by atoms with Crippen LogP contribution in [0.4, 0.5) is 0 Å². The van der Waals surface area contributed by atoms with Crippen molar-refractivity contribution >= 4 is 28.6 Å². The Bertz CT molecular complexity index is 261. The predicted molar refractivity (Wildman–Crippen MR) is 71.5 cm³/mol. The zero-order valence-electron chi connectivity index (χ0n) is 8.79. The average molecular weight is 289 g/mol. The second-order valence-electron chi connectivity index (χ2n) is 3.46. The first-order chi connectivity index (χ1) is 7.33. The van der Waals surface area contributed by atoms with E-state index in [4.69, 9.17) is 4.74 Å². The van der Waals surface area contributed by atoms with Crippen LogP contribution in [-0.2, 0) is 11.3 Å². The average Bonchev–Trinajstić information content (AvgIpc) is 2.26. The highest BCUT2D eigenvalue weighted by Gasteiger charge is 1.93. The fraction of sp³-hybridized carbons (Fsp3) is 0.500. The van der Waals surface area contributed by atoms with Gasteiger partial charge >= 0.3 is 0 Å². The van der Waals surface area contributed by atoms with E-state index in [0.717, 1.165) is 23.3 Å². The van der Waals surface area contributed by atoms with Crippen molar-refractivity contribution in [2.75, 3.05) is 12.4 Å². The normalized spacial score (nSPS) is 10.5. The van der Waals surface area contributed by atoms with Crippen LogP contribution in [0, 0.1) is 0 Å². The Balaban J connectivity index is 2.07. The maximum absolute atomic E-state index is 5.57. The van der Waals surface area contributed by atoms with Crippen molar-refractivity contribution in [1.82, 2.24) is 0 Å². The third-order valence-corrected chi connectivity index (χ3v) is 2.97. The highest BCUT2D eigenvalue weighted by Crippen LogP contribution is 2.11. The quantitative estimate of drug-likeness (QED) is 0.588. The van der Waals surface area contributed by atoms with Gasteiger partial charge in [-0.25, -0.2) is 0 Å². The number of thiol groups is 1. The summed E-state index contributed by atoms with van der Waals surface area (Å²) in [4.78, 5) is 0. The Morgan fingerprint density at radius 3 is 2.47 bits per heavy atom. The fourth-order valence-corrected chi connectivity index (χ4v) is 1.75. The smallest absolute Gasteiger partial charge is 0.0716 e. The van der Waals surface area contributed by atoms with Gasteiger partial charge in [-0.15, -0.1) is 0 Å². The van der Waals surface area contributed by atoms with Crippen LogP contribution in [0.3, 0.4) is 0 Å². The van der Waals surface area contributed by atoms with Crippen molar-refractivity contribution in [3.8, 4) is 0 Å². The van der Waals surface area contributed by atoms with Crippen LogP contribution in [0.15, 0.2) is 28.7 Å². The van der Waals surface area contributed by atoms with Crippen LogP contribution in [0.25, 0.3) is 0 Å². The summed E-state index contributed by atoms with van der Waals surface area (Å²) in [5, 5.41) is 0. The van der Waals surface area contributed by atoms with Gasteiger partial charge in [-0.3, -0.25) is 0 Å². The molecule has 0 aliphatic heterocycles. The van der Waals surface area contributed by atoms with Crippen LogP contribution < -0.4 is 0 Å². The van der Waals surface area contributed by atoms with Gasteiger partial charge in [0, 0.05) is 11.1 Å². The van der Waals surface area contributed by atoms with E-state index in [1.54, 1.807) is 0 Å². The van der Waals surface area contributed by atoms with E-state index in [9.17, 15) is 0 Å². The third-order valence-electron chi connectivity index (χ3n) is 2.13. The third kappa shape index (κ3) is 6.23. The van der Waals surface area contributed by atoms with Crippen LogP contribution >= 0.6 is 28.6 Å². The molecule has 0 spiro atoms. The molecule has 0 radical (unpaired) electrons. The van der Waals surface area contributed by atoms with Crippen molar-refractivity contribution in [1.29, 1.82) is 0 Å². The molecule has 0 aromatic heterocycles. The highest BCUT2D eigenvalue weighted by molar-refractivity contribution is 9.10. The Morgan fingerprint density at radius 2 is 1.80 bits per heavy atom. The number of rotatable bonds is 7. The zero-order chi connectivity index (χ0) is 10.9. The predicted octanol–water partition coefficient (Wildman–Crippen LogP) is 4.07. The van der Waals surface area contributed by atoms with E-state index in [2.05, 4.69) is 40.7 Å². The molecular weight excluding hydrogens is 272 g/mol. The van der Waals surface area contributed by atoms with Crippen LogP contribution in [0.2, 0.25) is 0 Å². The largest absolute Gasteiger partial charge is 0.377 e. The minimum absolute atomic E-state index is 0.716. The van der Waals surface area contributed by atoms with Gasteiger partial charge in [0.15, 0.2) is 0 Å². The molecule has 1 nitrogen and oxygen atoms in total. The Kier molecular flexibility index (Phi) is 7.14. The van der Waals surface area contributed by atoms with Gasteiger partial charge in [0.25, 0.3) is 0 Å². The van der Waals surface area contributed by atoms with Crippen molar-refractivity contribution in [2.45, 2.75) is 25.9 Å². The standard InChI is InChI=1S/C12H17BrOS/c13-12-6-4-11(5-7-12)10-14-8-2-1-3-9-15/h4-7,15H,1-3,8-10H2. The van der Waals surface area contributed by atoms with Crippen LogP contribution in [-0.4, -0.2) is 12.4 Å². The zero-order valence-corrected chi connectivity index (χ0v) is 11.3. The number of hydrogen-bond donors (Lipinski definition) is 1. The van der Waals surface area contributed by atoms with E-state index in [-0.39, 0.29) is 0 Å². The van der Waals surface area contributed by atoms with Crippen molar-refractivity contribution in [3.05, 3.63) is 34.3 Å². The lowest BCUT2D eigenvalue weighted by molar-refractivity contribution is 0.117. The van der Waals surface area contributed by atoms with Crippen LogP contribution in [0.1, 0.15) is 24.8 Å². The van der Waals surface area contributed by atoms with Crippen molar-refractivity contribution < 1.29 is 4.74 Å². The topological polar surface area (TPSA) is 9.23 Å². The van der Waals surface area contributed by atoms with Gasteiger partial charge < -0.3 is 4.74 Å². The molecule has 0 amide bonds.